The van der Waals surface area contributed by atoms with Gasteiger partial charge < -0.3 is 15.4 Å². The second-order valence-corrected chi connectivity index (χ2v) is 3.74. The zero-order valence-corrected chi connectivity index (χ0v) is 10.6. The molecule has 0 amide bonds. The van der Waals surface area contributed by atoms with Crippen LogP contribution in [-0.2, 0) is 9.53 Å². The normalized spacial score (nSPS) is 10.1. The molecule has 17 heavy (non-hydrogen) atoms. The Balaban J connectivity index is 2.82. The number of nitrogen functional groups attached to an aromatic ring is 1. The minimum absolute atomic E-state index is 0.171. The highest BCUT2D eigenvalue weighted by Gasteiger charge is 2.14. The number of hydrogen-bond donors (Lipinski definition) is 1. The van der Waals surface area contributed by atoms with Crippen LogP contribution < -0.4 is 10.6 Å². The van der Waals surface area contributed by atoms with Gasteiger partial charge in [-0.2, -0.15) is 0 Å². The van der Waals surface area contributed by atoms with Gasteiger partial charge in [0.15, 0.2) is 5.82 Å². The third-order valence-electron chi connectivity index (χ3n) is 2.34. The van der Waals surface area contributed by atoms with Gasteiger partial charge in [0.25, 0.3) is 0 Å². The first-order chi connectivity index (χ1) is 8.08. The van der Waals surface area contributed by atoms with Gasteiger partial charge in [-0.1, -0.05) is 0 Å². The predicted molar refractivity (Wildman–Crippen MR) is 67.9 cm³/mol. The number of esters is 1. The van der Waals surface area contributed by atoms with Crippen LogP contribution in [0.1, 0.15) is 19.4 Å². The van der Waals surface area contributed by atoms with E-state index < -0.39 is 0 Å². The van der Waals surface area contributed by atoms with Crippen LogP contribution in [0, 0.1) is 6.92 Å². The SMILES string of the molecule is CCOC(=O)CN(CC)c1ncc(C)cc1N. The van der Waals surface area contributed by atoms with Crippen molar-refractivity contribution in [3.8, 4) is 0 Å². The van der Waals surface area contributed by atoms with E-state index in [-0.39, 0.29) is 12.5 Å². The summed E-state index contributed by atoms with van der Waals surface area (Å²) in [6.07, 6.45) is 1.74. The Morgan fingerprint density at radius 1 is 1.53 bits per heavy atom. The molecule has 1 aromatic rings. The van der Waals surface area contributed by atoms with Gasteiger partial charge >= 0.3 is 5.97 Å². The third-order valence-corrected chi connectivity index (χ3v) is 2.34. The van der Waals surface area contributed by atoms with E-state index in [9.17, 15) is 4.79 Å². The maximum atomic E-state index is 11.4. The molecule has 0 bridgehead atoms. The van der Waals surface area contributed by atoms with Crippen molar-refractivity contribution in [1.29, 1.82) is 0 Å². The van der Waals surface area contributed by atoms with Crippen LogP contribution in [0.25, 0.3) is 0 Å². The number of rotatable bonds is 5. The maximum Gasteiger partial charge on any atom is 0.325 e. The number of likely N-dealkylation sites (N-methyl/N-ethyl adjacent to an activating group) is 1. The molecule has 1 heterocycles. The average molecular weight is 237 g/mol. The Kier molecular flexibility index (Phi) is 4.75. The minimum atomic E-state index is -0.267. The van der Waals surface area contributed by atoms with E-state index in [1.54, 1.807) is 18.0 Å². The van der Waals surface area contributed by atoms with E-state index >= 15 is 0 Å². The summed E-state index contributed by atoms with van der Waals surface area (Å²) < 4.78 is 4.91. The lowest BCUT2D eigenvalue weighted by atomic mass is 10.2. The largest absolute Gasteiger partial charge is 0.465 e. The quantitative estimate of drug-likeness (QED) is 0.783. The van der Waals surface area contributed by atoms with Gasteiger partial charge in [-0.25, -0.2) is 4.98 Å². The van der Waals surface area contributed by atoms with E-state index in [1.165, 1.54) is 0 Å². The molecule has 0 saturated heterocycles. The number of nitrogens with zero attached hydrogens (tertiary/aromatic N) is 2. The summed E-state index contributed by atoms with van der Waals surface area (Å²) in [4.78, 5) is 17.5. The lowest BCUT2D eigenvalue weighted by Gasteiger charge is -2.22. The van der Waals surface area contributed by atoms with Crippen molar-refractivity contribution in [1.82, 2.24) is 4.98 Å². The Morgan fingerprint density at radius 2 is 2.24 bits per heavy atom. The summed E-state index contributed by atoms with van der Waals surface area (Å²) in [5.74, 6) is 0.363. The predicted octanol–water partition coefficient (Wildman–Crippen LogP) is 1.36. The van der Waals surface area contributed by atoms with Crippen LogP contribution in [-0.4, -0.2) is 30.6 Å². The topological polar surface area (TPSA) is 68.5 Å². The molecule has 5 heteroatoms. The molecule has 0 fully saturated rings. The molecule has 0 spiro atoms. The van der Waals surface area contributed by atoms with E-state index in [1.807, 2.05) is 19.9 Å². The standard InChI is InChI=1S/C12H19N3O2/c1-4-15(8-11(16)17-5-2)12-10(13)6-9(3)7-14-12/h6-7H,4-5,8,13H2,1-3H3. The summed E-state index contributed by atoms with van der Waals surface area (Å²) in [7, 11) is 0. The Hall–Kier alpha value is -1.78. The summed E-state index contributed by atoms with van der Waals surface area (Å²) >= 11 is 0. The van der Waals surface area contributed by atoms with E-state index in [0.717, 1.165) is 5.56 Å². The lowest BCUT2D eigenvalue weighted by molar-refractivity contribution is -0.141. The lowest BCUT2D eigenvalue weighted by Crippen LogP contribution is -2.32. The van der Waals surface area contributed by atoms with Crippen molar-refractivity contribution in [3.63, 3.8) is 0 Å². The molecule has 0 atom stereocenters. The summed E-state index contributed by atoms with van der Waals surface area (Å²) in [6, 6.07) is 1.84. The smallest absolute Gasteiger partial charge is 0.325 e. The van der Waals surface area contributed by atoms with Crippen molar-refractivity contribution in [2.75, 3.05) is 30.3 Å². The molecule has 1 rings (SSSR count). The molecule has 2 N–H and O–H groups in total. The number of nitrogens with two attached hydrogens (primary N) is 1. The van der Waals surface area contributed by atoms with E-state index in [4.69, 9.17) is 10.5 Å². The zero-order chi connectivity index (χ0) is 12.8. The number of anilines is 2. The molecule has 5 nitrogen and oxygen atoms in total. The maximum absolute atomic E-state index is 11.4. The number of aryl methyl sites for hydroxylation is 1. The van der Waals surface area contributed by atoms with Gasteiger partial charge in [0.1, 0.15) is 6.54 Å². The fraction of sp³-hybridized carbons (Fsp3) is 0.500. The molecule has 94 valence electrons. The molecule has 0 aliphatic rings. The van der Waals surface area contributed by atoms with Crippen LogP contribution in [0.15, 0.2) is 12.3 Å². The number of carbonyl (C=O) groups is 1. The molecule has 0 aromatic carbocycles. The van der Waals surface area contributed by atoms with E-state index in [2.05, 4.69) is 4.98 Å². The first kappa shape index (κ1) is 13.3. The van der Waals surface area contributed by atoms with Crippen molar-refractivity contribution in [2.24, 2.45) is 0 Å². The summed E-state index contributed by atoms with van der Waals surface area (Å²) in [5.41, 5.74) is 7.47. The fourth-order valence-corrected chi connectivity index (χ4v) is 1.55. The fourth-order valence-electron chi connectivity index (χ4n) is 1.55. The average Bonchev–Trinajstić information content (AvgIpc) is 2.27. The second-order valence-electron chi connectivity index (χ2n) is 3.74. The molecule has 1 aromatic heterocycles. The molecular weight excluding hydrogens is 218 g/mol. The Bertz CT molecular complexity index is 393. The third kappa shape index (κ3) is 3.62. The monoisotopic (exact) mass is 237 g/mol. The number of pyridine rings is 1. The van der Waals surface area contributed by atoms with Crippen molar-refractivity contribution in [3.05, 3.63) is 17.8 Å². The highest BCUT2D eigenvalue weighted by Crippen LogP contribution is 2.20. The van der Waals surface area contributed by atoms with Gasteiger partial charge in [0.05, 0.1) is 12.3 Å². The summed E-state index contributed by atoms with van der Waals surface area (Å²) in [5, 5.41) is 0. The number of aromatic nitrogens is 1. The minimum Gasteiger partial charge on any atom is -0.465 e. The number of ether oxygens (including phenoxy) is 1. The Morgan fingerprint density at radius 3 is 2.76 bits per heavy atom. The molecule has 0 saturated carbocycles. The van der Waals surface area contributed by atoms with Crippen molar-refractivity contribution in [2.45, 2.75) is 20.8 Å². The van der Waals surface area contributed by atoms with Crippen LogP contribution in [0.4, 0.5) is 11.5 Å². The molecule has 0 unspecified atom stereocenters. The zero-order valence-electron chi connectivity index (χ0n) is 10.6. The van der Waals surface area contributed by atoms with Crippen molar-refractivity contribution >= 4 is 17.5 Å². The van der Waals surface area contributed by atoms with E-state index in [0.29, 0.717) is 24.7 Å². The molecule has 0 radical (unpaired) electrons. The first-order valence-corrected chi connectivity index (χ1v) is 5.71. The van der Waals surface area contributed by atoms with Crippen LogP contribution in [0.5, 0.6) is 0 Å². The second kappa shape index (κ2) is 6.08. The summed E-state index contributed by atoms with van der Waals surface area (Å²) in [6.45, 7) is 6.86. The van der Waals surface area contributed by atoms with Gasteiger partial charge in [0.2, 0.25) is 0 Å². The van der Waals surface area contributed by atoms with Crippen LogP contribution in [0.2, 0.25) is 0 Å². The molecule has 0 aliphatic heterocycles. The van der Waals surface area contributed by atoms with Gasteiger partial charge in [0, 0.05) is 12.7 Å². The number of hydrogen-bond acceptors (Lipinski definition) is 5. The Labute approximate surface area is 102 Å². The van der Waals surface area contributed by atoms with Crippen molar-refractivity contribution < 1.29 is 9.53 Å². The van der Waals surface area contributed by atoms with Gasteiger partial charge in [-0.05, 0) is 32.4 Å². The van der Waals surface area contributed by atoms with Crippen LogP contribution >= 0.6 is 0 Å². The molecule has 0 aliphatic carbocycles. The first-order valence-electron chi connectivity index (χ1n) is 5.71. The highest BCUT2D eigenvalue weighted by molar-refractivity contribution is 5.77. The van der Waals surface area contributed by atoms with Crippen LogP contribution in [0.3, 0.4) is 0 Å². The van der Waals surface area contributed by atoms with Gasteiger partial charge in [-0.15, -0.1) is 0 Å². The number of carbonyl (C=O) groups excluding carboxylic acids is 1. The highest BCUT2D eigenvalue weighted by atomic mass is 16.5. The molecular formula is C12H19N3O2. The van der Waals surface area contributed by atoms with Gasteiger partial charge in [-0.3, -0.25) is 4.79 Å².